The number of H-pyrrole nitrogens is 1. The number of nitrogens with zero attached hydrogens (tertiary/aromatic N) is 5. The number of nitrogens with one attached hydrogen (secondary N) is 1. The highest BCUT2D eigenvalue weighted by molar-refractivity contribution is 7.89. The molecule has 4 rings (SSSR count). The van der Waals surface area contributed by atoms with Crippen LogP contribution in [0.5, 0.6) is 0 Å². The number of hydrogen-bond acceptors (Lipinski definition) is 5. The third kappa shape index (κ3) is 3.03. The minimum atomic E-state index is -3.67. The molecule has 2 aromatic heterocycles. The van der Waals surface area contributed by atoms with Crippen molar-refractivity contribution in [3.05, 3.63) is 54.3 Å². The van der Waals surface area contributed by atoms with Crippen molar-refractivity contribution in [2.45, 2.75) is 17.4 Å². The summed E-state index contributed by atoms with van der Waals surface area (Å²) >= 11 is 0. The molecule has 1 fully saturated rings. The van der Waals surface area contributed by atoms with E-state index in [4.69, 9.17) is 6.57 Å². The van der Waals surface area contributed by atoms with E-state index in [2.05, 4.69) is 24.7 Å². The Morgan fingerprint density at radius 1 is 1.33 bits per heavy atom. The summed E-state index contributed by atoms with van der Waals surface area (Å²) in [5.41, 5.74) is 1.08. The minimum Gasteiger partial charge on any atom is -0.354 e. The van der Waals surface area contributed by atoms with Crippen molar-refractivity contribution in [2.24, 2.45) is 0 Å². The Balaban J connectivity index is 1.58. The molecule has 0 spiro atoms. The molecule has 1 N–H and O–H groups in total. The van der Waals surface area contributed by atoms with Gasteiger partial charge in [-0.05, 0) is 24.6 Å². The summed E-state index contributed by atoms with van der Waals surface area (Å²) in [6.07, 6.45) is 4.03. The molecule has 1 atom stereocenters. The second-order valence-corrected chi connectivity index (χ2v) is 8.45. The second kappa shape index (κ2) is 6.64. The average molecular weight is 382 g/mol. The van der Waals surface area contributed by atoms with Crippen LogP contribution in [0.1, 0.15) is 6.42 Å². The summed E-state index contributed by atoms with van der Waals surface area (Å²) in [5, 5.41) is 0.924. The van der Waals surface area contributed by atoms with Crippen LogP contribution in [0.2, 0.25) is 0 Å². The van der Waals surface area contributed by atoms with Crippen molar-refractivity contribution in [1.82, 2.24) is 19.3 Å². The highest BCUT2D eigenvalue weighted by Crippen LogP contribution is 2.29. The SMILES string of the molecule is [C-]#[N+]c1cccc(S(=O)(=O)N(C)[C@@H]2CCN(c3ncnc4[nH]ccc34)C2)c1. The third-order valence-electron chi connectivity index (χ3n) is 4.93. The monoisotopic (exact) mass is 382 g/mol. The number of rotatable bonds is 4. The van der Waals surface area contributed by atoms with Crippen LogP contribution in [0, 0.1) is 6.57 Å². The molecule has 1 saturated heterocycles. The lowest BCUT2D eigenvalue weighted by atomic mass is 10.3. The smallest absolute Gasteiger partial charge is 0.241 e. The maximum Gasteiger partial charge on any atom is 0.241 e. The predicted octanol–water partition coefficient (Wildman–Crippen LogP) is 2.41. The van der Waals surface area contributed by atoms with Gasteiger partial charge in [-0.3, -0.25) is 0 Å². The zero-order valence-corrected chi connectivity index (χ0v) is 15.5. The Morgan fingerprint density at radius 2 is 2.19 bits per heavy atom. The molecule has 138 valence electrons. The molecule has 8 nitrogen and oxygen atoms in total. The van der Waals surface area contributed by atoms with Gasteiger partial charge in [-0.15, -0.1) is 0 Å². The number of anilines is 1. The van der Waals surface area contributed by atoms with Crippen LogP contribution in [0.15, 0.2) is 47.8 Å². The van der Waals surface area contributed by atoms with Crippen LogP contribution < -0.4 is 4.90 Å². The van der Waals surface area contributed by atoms with Crippen molar-refractivity contribution < 1.29 is 8.42 Å². The highest BCUT2D eigenvalue weighted by Gasteiger charge is 2.34. The number of benzene rings is 1. The Kier molecular flexibility index (Phi) is 4.30. The predicted molar refractivity (Wildman–Crippen MR) is 102 cm³/mol. The molecule has 9 heteroatoms. The summed E-state index contributed by atoms with van der Waals surface area (Å²) in [6.45, 7) is 8.35. The Morgan fingerprint density at radius 3 is 3.00 bits per heavy atom. The molecule has 3 heterocycles. The summed E-state index contributed by atoms with van der Waals surface area (Å²) in [6, 6.07) is 7.89. The van der Waals surface area contributed by atoms with Crippen LogP contribution in [0.4, 0.5) is 11.5 Å². The fourth-order valence-electron chi connectivity index (χ4n) is 3.42. The van der Waals surface area contributed by atoms with Crippen molar-refractivity contribution in [3.63, 3.8) is 0 Å². The lowest BCUT2D eigenvalue weighted by Crippen LogP contribution is -2.39. The largest absolute Gasteiger partial charge is 0.354 e. The van der Waals surface area contributed by atoms with Crippen molar-refractivity contribution in [3.8, 4) is 0 Å². The third-order valence-corrected chi connectivity index (χ3v) is 6.84. The fourth-order valence-corrected chi connectivity index (χ4v) is 4.84. The van der Waals surface area contributed by atoms with E-state index in [1.165, 1.54) is 22.8 Å². The first kappa shape index (κ1) is 17.5. The van der Waals surface area contributed by atoms with Gasteiger partial charge in [-0.25, -0.2) is 23.2 Å². The molecule has 0 unspecified atom stereocenters. The molecule has 1 aromatic carbocycles. The molecule has 1 aliphatic rings. The lowest BCUT2D eigenvalue weighted by molar-refractivity contribution is 0.390. The second-order valence-electron chi connectivity index (χ2n) is 6.46. The molecule has 0 bridgehead atoms. The topological polar surface area (TPSA) is 86.6 Å². The number of aromatic amines is 1. The van der Waals surface area contributed by atoms with Crippen molar-refractivity contribution >= 4 is 32.6 Å². The zero-order valence-electron chi connectivity index (χ0n) is 14.7. The van der Waals surface area contributed by atoms with E-state index < -0.39 is 10.0 Å². The molecule has 1 aliphatic heterocycles. The van der Waals surface area contributed by atoms with E-state index in [-0.39, 0.29) is 10.9 Å². The number of fused-ring (bicyclic) bond motifs is 1. The molecular formula is C18H18N6O2S. The van der Waals surface area contributed by atoms with Gasteiger partial charge < -0.3 is 9.88 Å². The number of hydrogen-bond donors (Lipinski definition) is 1. The normalized spacial score (nSPS) is 17.5. The first-order valence-electron chi connectivity index (χ1n) is 8.49. The Bertz CT molecular complexity index is 1130. The van der Waals surface area contributed by atoms with Crippen LogP contribution >= 0.6 is 0 Å². The van der Waals surface area contributed by atoms with Crippen LogP contribution in [0.3, 0.4) is 0 Å². The summed E-state index contributed by atoms with van der Waals surface area (Å²) < 4.78 is 27.4. The van der Waals surface area contributed by atoms with Crippen LogP contribution in [-0.2, 0) is 10.0 Å². The average Bonchev–Trinajstić information content (AvgIpc) is 3.36. The van der Waals surface area contributed by atoms with E-state index in [9.17, 15) is 8.42 Å². The van der Waals surface area contributed by atoms with E-state index >= 15 is 0 Å². The van der Waals surface area contributed by atoms with Gasteiger partial charge in [0.15, 0.2) is 5.69 Å². The Hall–Kier alpha value is -2.96. The Labute approximate surface area is 157 Å². The van der Waals surface area contributed by atoms with Crippen LogP contribution in [0.25, 0.3) is 15.9 Å². The van der Waals surface area contributed by atoms with Gasteiger partial charge in [0.05, 0.1) is 16.9 Å². The first-order valence-corrected chi connectivity index (χ1v) is 9.93. The van der Waals surface area contributed by atoms with E-state index in [1.807, 2.05) is 12.3 Å². The lowest BCUT2D eigenvalue weighted by Gasteiger charge is -2.25. The van der Waals surface area contributed by atoms with Crippen molar-refractivity contribution in [2.75, 3.05) is 25.0 Å². The quantitative estimate of drug-likeness (QED) is 0.700. The number of aromatic nitrogens is 3. The molecular weight excluding hydrogens is 364 g/mol. The molecule has 0 radical (unpaired) electrons. The zero-order chi connectivity index (χ0) is 19.0. The van der Waals surface area contributed by atoms with E-state index in [1.54, 1.807) is 19.2 Å². The van der Waals surface area contributed by atoms with Gasteiger partial charge in [0.2, 0.25) is 10.0 Å². The van der Waals surface area contributed by atoms with Gasteiger partial charge in [0.25, 0.3) is 0 Å². The van der Waals surface area contributed by atoms with Crippen LogP contribution in [-0.4, -0.2) is 53.9 Å². The van der Waals surface area contributed by atoms with E-state index in [0.29, 0.717) is 25.2 Å². The molecule has 27 heavy (non-hydrogen) atoms. The minimum absolute atomic E-state index is 0.145. The van der Waals surface area contributed by atoms with Gasteiger partial charge in [0, 0.05) is 32.4 Å². The number of likely N-dealkylation sites (N-methyl/N-ethyl adjacent to an activating group) is 1. The van der Waals surface area contributed by atoms with Crippen molar-refractivity contribution in [1.29, 1.82) is 0 Å². The van der Waals surface area contributed by atoms with Gasteiger partial charge in [-0.1, -0.05) is 12.1 Å². The van der Waals surface area contributed by atoms with Gasteiger partial charge >= 0.3 is 0 Å². The maximum absolute atomic E-state index is 13.0. The fraction of sp³-hybridized carbons (Fsp3) is 0.278. The standard InChI is InChI=1S/C18H18N6O2S/c1-19-13-4-3-5-15(10-13)27(25,26)23(2)14-7-9-24(11-14)18-16-6-8-20-17(16)21-12-22-18/h3-6,8,10,12,14H,7,9,11H2,2H3,(H,20,21,22)/t14-/m1/s1. The summed E-state index contributed by atoms with van der Waals surface area (Å²) in [5.74, 6) is 0.810. The molecule has 0 amide bonds. The highest BCUT2D eigenvalue weighted by atomic mass is 32.2. The summed E-state index contributed by atoms with van der Waals surface area (Å²) in [4.78, 5) is 17.2. The molecule has 3 aromatic rings. The van der Waals surface area contributed by atoms with E-state index in [0.717, 1.165) is 16.9 Å². The van der Waals surface area contributed by atoms with Gasteiger partial charge in [0.1, 0.15) is 17.8 Å². The number of sulfonamides is 1. The maximum atomic E-state index is 13.0. The molecule has 0 aliphatic carbocycles. The van der Waals surface area contributed by atoms with Gasteiger partial charge in [-0.2, -0.15) is 4.31 Å². The first-order chi connectivity index (χ1) is 13.0. The molecule has 0 saturated carbocycles. The summed E-state index contributed by atoms with van der Waals surface area (Å²) in [7, 11) is -2.07.